The van der Waals surface area contributed by atoms with E-state index in [-0.39, 0.29) is 5.41 Å². The summed E-state index contributed by atoms with van der Waals surface area (Å²) in [6.07, 6.45) is 1.95. The standard InChI is InChI=1S/C49H31N3/c1-49(2)41-25-29(28-20-23-45-40(24-28)39-16-9-15-38-35-12-7-8-17-44(35)52(45)48(38)39)18-21-33(41)34-22-19-30(26-42(34)49)43-27-50-46-36-13-5-3-10-31(36)32-11-4-6-14-37(32)47(46)51-43/h3-27H,1-2H3. The van der Waals surface area contributed by atoms with E-state index in [1.807, 2.05) is 6.20 Å². The third-order valence-electron chi connectivity index (χ3n) is 12.0. The molecule has 0 fully saturated rings. The number of aromatic nitrogens is 3. The van der Waals surface area contributed by atoms with Crippen molar-refractivity contribution in [2.75, 3.05) is 0 Å². The van der Waals surface area contributed by atoms with E-state index >= 15 is 0 Å². The molecular weight excluding hydrogens is 631 g/mol. The van der Waals surface area contributed by atoms with Crippen LogP contribution in [0.1, 0.15) is 25.0 Å². The van der Waals surface area contributed by atoms with Gasteiger partial charge in [-0.05, 0) is 74.5 Å². The molecule has 12 rings (SSSR count). The molecule has 0 saturated heterocycles. The maximum Gasteiger partial charge on any atom is 0.0979 e. The molecule has 8 aromatic carbocycles. The lowest BCUT2D eigenvalue weighted by Gasteiger charge is -2.22. The minimum absolute atomic E-state index is 0.177. The highest BCUT2D eigenvalue weighted by atomic mass is 14.9. The van der Waals surface area contributed by atoms with Crippen molar-refractivity contribution in [3.05, 3.63) is 163 Å². The van der Waals surface area contributed by atoms with Crippen LogP contribution in [0.25, 0.3) is 104 Å². The minimum Gasteiger partial charge on any atom is -0.308 e. The van der Waals surface area contributed by atoms with Crippen molar-refractivity contribution in [2.45, 2.75) is 19.3 Å². The van der Waals surface area contributed by atoms with Gasteiger partial charge < -0.3 is 4.40 Å². The molecule has 0 aliphatic heterocycles. The van der Waals surface area contributed by atoms with Crippen LogP contribution in [0.2, 0.25) is 0 Å². The van der Waals surface area contributed by atoms with Crippen LogP contribution < -0.4 is 0 Å². The summed E-state index contributed by atoms with van der Waals surface area (Å²) >= 11 is 0. The fraction of sp³-hybridized carbons (Fsp3) is 0.0612. The Morgan fingerprint density at radius 3 is 1.73 bits per heavy atom. The van der Waals surface area contributed by atoms with Crippen LogP contribution in [-0.4, -0.2) is 14.4 Å². The zero-order chi connectivity index (χ0) is 34.3. The van der Waals surface area contributed by atoms with Gasteiger partial charge in [0, 0.05) is 43.3 Å². The van der Waals surface area contributed by atoms with Gasteiger partial charge in [0.15, 0.2) is 0 Å². The van der Waals surface area contributed by atoms with Gasteiger partial charge in [0.2, 0.25) is 0 Å². The van der Waals surface area contributed by atoms with Crippen LogP contribution in [0, 0.1) is 0 Å². The normalized spacial score (nSPS) is 13.7. The molecule has 52 heavy (non-hydrogen) atoms. The Kier molecular flexibility index (Phi) is 5.31. The van der Waals surface area contributed by atoms with Gasteiger partial charge in [0.05, 0.1) is 39.5 Å². The molecule has 0 radical (unpaired) electrons. The largest absolute Gasteiger partial charge is 0.308 e. The zero-order valence-corrected chi connectivity index (χ0v) is 28.8. The second-order valence-corrected chi connectivity index (χ2v) is 15.0. The molecule has 0 spiro atoms. The first-order chi connectivity index (χ1) is 25.5. The van der Waals surface area contributed by atoms with Gasteiger partial charge in [-0.2, -0.15) is 0 Å². The summed E-state index contributed by atoms with van der Waals surface area (Å²) in [5.74, 6) is 0. The Morgan fingerprint density at radius 2 is 0.981 bits per heavy atom. The number of benzene rings is 8. The van der Waals surface area contributed by atoms with Gasteiger partial charge in [-0.3, -0.25) is 4.98 Å². The SMILES string of the molecule is CC1(C)c2cc(-c3ccc4c(c3)c3cccc5c6ccccc6n4c53)ccc2-c2ccc(-c3cnc4c5ccccc5c5ccccc5c4n3)cc21. The fourth-order valence-corrected chi connectivity index (χ4v) is 9.45. The maximum absolute atomic E-state index is 5.31. The summed E-state index contributed by atoms with van der Waals surface area (Å²) in [7, 11) is 0. The second-order valence-electron chi connectivity index (χ2n) is 15.0. The maximum atomic E-state index is 5.31. The van der Waals surface area contributed by atoms with Crippen LogP contribution >= 0.6 is 0 Å². The van der Waals surface area contributed by atoms with Crippen LogP contribution in [0.15, 0.2) is 152 Å². The molecule has 3 aromatic heterocycles. The van der Waals surface area contributed by atoms with Crippen molar-refractivity contribution < 1.29 is 0 Å². The molecule has 0 unspecified atom stereocenters. The molecule has 1 aliphatic carbocycles. The predicted octanol–water partition coefficient (Wildman–Crippen LogP) is 12.7. The van der Waals surface area contributed by atoms with Gasteiger partial charge in [-0.25, -0.2) is 4.98 Å². The smallest absolute Gasteiger partial charge is 0.0979 e. The van der Waals surface area contributed by atoms with Gasteiger partial charge in [-0.1, -0.05) is 129 Å². The topological polar surface area (TPSA) is 30.2 Å². The zero-order valence-electron chi connectivity index (χ0n) is 28.8. The lowest BCUT2D eigenvalue weighted by molar-refractivity contribution is 0.661. The van der Waals surface area contributed by atoms with Gasteiger partial charge in [-0.15, -0.1) is 0 Å². The Hall–Kier alpha value is -6.58. The third-order valence-corrected chi connectivity index (χ3v) is 12.0. The summed E-state index contributed by atoms with van der Waals surface area (Å²) in [4.78, 5) is 10.4. The number of nitrogens with zero attached hydrogens (tertiary/aromatic N) is 3. The Balaban J connectivity index is 0.973. The van der Waals surface area contributed by atoms with Crippen LogP contribution in [0.4, 0.5) is 0 Å². The van der Waals surface area contributed by atoms with E-state index in [9.17, 15) is 0 Å². The summed E-state index contributed by atoms with van der Waals surface area (Å²) in [5, 5.41) is 9.94. The van der Waals surface area contributed by atoms with E-state index < -0.39 is 0 Å². The summed E-state index contributed by atoms with van der Waals surface area (Å²) in [6.45, 7) is 4.72. The molecular formula is C49H31N3. The molecule has 0 N–H and O–H groups in total. The lowest BCUT2D eigenvalue weighted by atomic mass is 9.81. The Labute approximate surface area is 299 Å². The Bertz CT molecular complexity index is 3290. The Morgan fingerprint density at radius 1 is 0.442 bits per heavy atom. The van der Waals surface area contributed by atoms with Gasteiger partial charge in [0.25, 0.3) is 0 Å². The number of fused-ring (bicyclic) bond motifs is 15. The molecule has 1 aliphatic rings. The molecule has 242 valence electrons. The molecule has 0 saturated carbocycles. The van der Waals surface area contributed by atoms with Gasteiger partial charge in [0.1, 0.15) is 0 Å². The third kappa shape index (κ3) is 3.55. The van der Waals surface area contributed by atoms with Crippen molar-refractivity contribution in [1.82, 2.24) is 14.4 Å². The van der Waals surface area contributed by atoms with E-state index in [4.69, 9.17) is 9.97 Å². The first-order valence-corrected chi connectivity index (χ1v) is 18.1. The van der Waals surface area contributed by atoms with Crippen molar-refractivity contribution in [3.8, 4) is 33.5 Å². The summed E-state index contributed by atoms with van der Waals surface area (Å²) < 4.78 is 2.45. The predicted molar refractivity (Wildman–Crippen MR) is 218 cm³/mol. The average Bonchev–Trinajstić information content (AvgIpc) is 3.80. The van der Waals surface area contributed by atoms with Crippen LogP contribution in [0.5, 0.6) is 0 Å². The second kappa shape index (κ2) is 9.80. The molecule has 11 aromatic rings. The molecule has 3 heterocycles. The van der Waals surface area contributed by atoms with Crippen molar-refractivity contribution in [2.24, 2.45) is 0 Å². The van der Waals surface area contributed by atoms with Gasteiger partial charge >= 0.3 is 0 Å². The van der Waals surface area contributed by atoms with E-state index in [1.54, 1.807) is 0 Å². The number of hydrogen-bond donors (Lipinski definition) is 0. The fourth-order valence-electron chi connectivity index (χ4n) is 9.45. The van der Waals surface area contributed by atoms with Crippen LogP contribution in [0.3, 0.4) is 0 Å². The minimum atomic E-state index is -0.177. The average molecular weight is 662 g/mol. The van der Waals surface area contributed by atoms with Crippen molar-refractivity contribution >= 4 is 70.7 Å². The summed E-state index contributed by atoms with van der Waals surface area (Å²) in [6, 6.07) is 53.5. The first-order valence-electron chi connectivity index (χ1n) is 18.1. The monoisotopic (exact) mass is 661 g/mol. The van der Waals surface area contributed by atoms with E-state index in [2.05, 4.69) is 164 Å². The first kappa shape index (κ1) is 28.2. The van der Waals surface area contributed by atoms with Crippen molar-refractivity contribution in [1.29, 1.82) is 0 Å². The molecule has 0 amide bonds. The quantitative estimate of drug-likeness (QED) is 0.173. The highest BCUT2D eigenvalue weighted by molar-refractivity contribution is 6.24. The van der Waals surface area contributed by atoms with Crippen molar-refractivity contribution in [3.63, 3.8) is 0 Å². The van der Waals surface area contributed by atoms with E-state index in [1.165, 1.54) is 82.2 Å². The summed E-state index contributed by atoms with van der Waals surface area (Å²) in [5.41, 5.74) is 15.3. The lowest BCUT2D eigenvalue weighted by Crippen LogP contribution is -2.15. The number of rotatable bonds is 2. The van der Waals surface area contributed by atoms with E-state index in [0.717, 1.165) is 33.1 Å². The molecule has 0 atom stereocenters. The molecule has 3 nitrogen and oxygen atoms in total. The van der Waals surface area contributed by atoms with Crippen LogP contribution in [-0.2, 0) is 5.41 Å². The molecule has 3 heteroatoms. The highest BCUT2D eigenvalue weighted by Gasteiger charge is 2.36. The number of hydrogen-bond acceptors (Lipinski definition) is 2. The number of para-hydroxylation sites is 2. The molecule has 0 bridgehead atoms. The highest BCUT2D eigenvalue weighted by Crippen LogP contribution is 2.51. The van der Waals surface area contributed by atoms with E-state index in [0.29, 0.717) is 0 Å².